The van der Waals surface area contributed by atoms with E-state index in [0.717, 1.165) is 0 Å². The highest BCUT2D eigenvalue weighted by atomic mass is 31.2. The Kier molecular flexibility index (Phi) is 7.04. The van der Waals surface area contributed by atoms with Crippen molar-refractivity contribution in [1.29, 1.82) is 0 Å². The third-order valence-electron chi connectivity index (χ3n) is 5.10. The Morgan fingerprint density at radius 1 is 0.483 bits per heavy atom. The molecule has 0 radical (unpaired) electrons. The summed E-state index contributed by atoms with van der Waals surface area (Å²) in [7, 11) is -0.870. The van der Waals surface area contributed by atoms with E-state index in [2.05, 4.69) is 133 Å². The van der Waals surface area contributed by atoms with Crippen molar-refractivity contribution in [3.05, 3.63) is 91.0 Å². The Morgan fingerprint density at radius 2 is 0.793 bits per heavy atom. The standard InChI is InChI=1S/C26H33BP2/c1-25(2,3)28(23-18-12-8-13-19-23)27(22-16-10-7-11-17-22)29(26(4,5)6)24-20-14-9-15-21-24/h7-21H,1-6H3/t28-,29-/m1/s1. The molecule has 0 spiro atoms. The molecule has 3 aromatic carbocycles. The SMILES string of the molecule is CC(C)(C)[P@](B(c1ccccc1)[P@](c1ccccc1)C(C)(C)C)c1ccccc1. The molecular weight excluding hydrogens is 385 g/mol. The van der Waals surface area contributed by atoms with E-state index >= 15 is 0 Å². The molecule has 3 rings (SSSR count). The van der Waals surface area contributed by atoms with Gasteiger partial charge in [0, 0.05) is 0 Å². The van der Waals surface area contributed by atoms with E-state index in [-0.39, 0.29) is 10.3 Å². The lowest BCUT2D eigenvalue weighted by atomic mass is 9.92. The zero-order valence-corrected chi connectivity index (χ0v) is 20.4. The lowest BCUT2D eigenvalue weighted by molar-refractivity contribution is 0.792. The molecule has 0 aliphatic heterocycles. The van der Waals surface area contributed by atoms with Gasteiger partial charge in [-0.3, -0.25) is 0 Å². The molecular formula is C26H33BP2. The van der Waals surface area contributed by atoms with E-state index in [1.807, 2.05) is 0 Å². The summed E-state index contributed by atoms with van der Waals surface area (Å²) in [5, 5.41) is 3.43. The quantitative estimate of drug-likeness (QED) is 0.324. The molecule has 0 aliphatic carbocycles. The molecule has 150 valence electrons. The average Bonchev–Trinajstić information content (AvgIpc) is 2.68. The Bertz CT molecular complexity index is 823. The van der Waals surface area contributed by atoms with Crippen molar-refractivity contribution in [3.8, 4) is 0 Å². The first-order chi connectivity index (χ1) is 13.7. The van der Waals surface area contributed by atoms with Gasteiger partial charge >= 0.3 is 0 Å². The Balaban J connectivity index is 2.28. The molecule has 3 aromatic rings. The van der Waals surface area contributed by atoms with Crippen LogP contribution in [0.3, 0.4) is 0 Å². The highest BCUT2D eigenvalue weighted by molar-refractivity contribution is 8.26. The molecule has 0 unspecified atom stereocenters. The van der Waals surface area contributed by atoms with Crippen LogP contribution >= 0.6 is 15.6 Å². The van der Waals surface area contributed by atoms with Gasteiger partial charge < -0.3 is 0 Å². The zero-order valence-electron chi connectivity index (χ0n) is 18.6. The van der Waals surface area contributed by atoms with Gasteiger partial charge in [-0.25, -0.2) is 0 Å². The van der Waals surface area contributed by atoms with E-state index in [0.29, 0.717) is 6.15 Å². The van der Waals surface area contributed by atoms with Crippen molar-refractivity contribution in [3.63, 3.8) is 0 Å². The maximum absolute atomic E-state index is 2.43. The van der Waals surface area contributed by atoms with Gasteiger partial charge in [0.15, 0.2) is 0 Å². The highest BCUT2D eigenvalue weighted by Gasteiger charge is 2.45. The summed E-state index contributed by atoms with van der Waals surface area (Å²) < 4.78 is 0. The molecule has 0 N–H and O–H groups in total. The topological polar surface area (TPSA) is 0 Å². The maximum atomic E-state index is 2.43. The second kappa shape index (κ2) is 9.16. The molecule has 2 atom stereocenters. The van der Waals surface area contributed by atoms with Crippen molar-refractivity contribution in [1.82, 2.24) is 0 Å². The summed E-state index contributed by atoms with van der Waals surface area (Å²) in [5.41, 5.74) is 1.49. The largest absolute Gasteiger partial charge is 0.243 e. The Hall–Kier alpha value is -1.42. The molecule has 0 saturated carbocycles. The summed E-state index contributed by atoms with van der Waals surface area (Å²) in [4.78, 5) is 0. The fourth-order valence-electron chi connectivity index (χ4n) is 4.01. The van der Waals surface area contributed by atoms with Gasteiger partial charge in [-0.1, -0.05) is 154 Å². The number of hydrogen-bond acceptors (Lipinski definition) is 0. The van der Waals surface area contributed by atoms with Crippen molar-refractivity contribution in [2.45, 2.75) is 51.9 Å². The van der Waals surface area contributed by atoms with Gasteiger partial charge in [0.25, 0.3) is 0 Å². The minimum atomic E-state index is -0.435. The normalized spacial score (nSPS) is 14.3. The lowest BCUT2D eigenvalue weighted by Crippen LogP contribution is -2.43. The van der Waals surface area contributed by atoms with E-state index < -0.39 is 15.6 Å². The van der Waals surface area contributed by atoms with E-state index in [4.69, 9.17) is 0 Å². The molecule has 0 heterocycles. The fraction of sp³-hybridized carbons (Fsp3) is 0.308. The monoisotopic (exact) mass is 418 g/mol. The van der Waals surface area contributed by atoms with Crippen LogP contribution in [0.1, 0.15) is 41.5 Å². The van der Waals surface area contributed by atoms with Crippen molar-refractivity contribution < 1.29 is 0 Å². The van der Waals surface area contributed by atoms with Gasteiger partial charge in [-0.2, -0.15) is 0 Å². The molecule has 0 saturated heterocycles. The summed E-state index contributed by atoms with van der Waals surface area (Å²) in [6, 6.07) is 33.8. The molecule has 0 bridgehead atoms. The molecule has 29 heavy (non-hydrogen) atoms. The molecule has 0 aromatic heterocycles. The minimum Gasteiger partial charge on any atom is -0.0920 e. The zero-order chi connectivity index (χ0) is 21.1. The van der Waals surface area contributed by atoms with E-state index in [1.54, 1.807) is 0 Å². The first kappa shape index (κ1) is 22.3. The average molecular weight is 418 g/mol. The highest BCUT2D eigenvalue weighted by Crippen LogP contribution is 2.64. The second-order valence-electron chi connectivity index (χ2n) is 9.54. The van der Waals surface area contributed by atoms with Gasteiger partial charge in [0.05, 0.1) is 0 Å². The molecule has 0 amide bonds. The van der Waals surface area contributed by atoms with Gasteiger partial charge in [0.1, 0.15) is 0 Å². The minimum absolute atomic E-state index is 0.206. The summed E-state index contributed by atoms with van der Waals surface area (Å²) in [6.45, 7) is 14.6. The third kappa shape index (κ3) is 5.39. The van der Waals surface area contributed by atoms with Crippen molar-refractivity contribution >= 4 is 37.8 Å². The summed E-state index contributed by atoms with van der Waals surface area (Å²) in [5.74, 6) is 0. The molecule has 0 aliphatic rings. The van der Waals surface area contributed by atoms with Crippen LogP contribution < -0.4 is 16.1 Å². The van der Waals surface area contributed by atoms with E-state index in [1.165, 1.54) is 16.1 Å². The van der Waals surface area contributed by atoms with Crippen LogP contribution in [0.5, 0.6) is 0 Å². The van der Waals surface area contributed by atoms with Crippen molar-refractivity contribution in [2.24, 2.45) is 0 Å². The Labute approximate surface area is 180 Å². The Morgan fingerprint density at radius 3 is 1.10 bits per heavy atom. The predicted molar refractivity (Wildman–Crippen MR) is 137 cm³/mol. The first-order valence-electron chi connectivity index (χ1n) is 10.4. The summed E-state index contributed by atoms with van der Waals surface area (Å²) >= 11 is 0. The molecule has 0 nitrogen and oxygen atoms in total. The van der Waals surface area contributed by atoms with Crippen LogP contribution in [0.15, 0.2) is 91.0 Å². The second-order valence-corrected chi connectivity index (χ2v) is 16.2. The third-order valence-corrected chi connectivity index (χ3v) is 12.7. The van der Waals surface area contributed by atoms with Crippen LogP contribution in [0.4, 0.5) is 0 Å². The van der Waals surface area contributed by atoms with Crippen molar-refractivity contribution in [2.75, 3.05) is 0 Å². The number of rotatable bonds is 5. The summed E-state index contributed by atoms with van der Waals surface area (Å²) in [6.07, 6.45) is 0.506. The number of hydrogen-bond donors (Lipinski definition) is 0. The van der Waals surface area contributed by atoms with Crippen LogP contribution in [0.25, 0.3) is 0 Å². The van der Waals surface area contributed by atoms with Crippen LogP contribution in [0.2, 0.25) is 0 Å². The number of benzene rings is 3. The van der Waals surface area contributed by atoms with Crippen LogP contribution in [0, 0.1) is 0 Å². The van der Waals surface area contributed by atoms with Crippen LogP contribution in [-0.4, -0.2) is 16.5 Å². The lowest BCUT2D eigenvalue weighted by Gasteiger charge is -2.45. The maximum Gasteiger partial charge on any atom is 0.243 e. The smallest absolute Gasteiger partial charge is 0.0920 e. The van der Waals surface area contributed by atoms with E-state index in [9.17, 15) is 0 Å². The van der Waals surface area contributed by atoms with Gasteiger partial charge in [-0.05, 0) is 20.9 Å². The van der Waals surface area contributed by atoms with Gasteiger partial charge in [0.2, 0.25) is 6.15 Å². The van der Waals surface area contributed by atoms with Gasteiger partial charge in [-0.15, -0.1) is 0 Å². The molecule has 3 heteroatoms. The predicted octanol–water partition coefficient (Wildman–Crippen LogP) is 6.59. The first-order valence-corrected chi connectivity index (χ1v) is 13.3. The van der Waals surface area contributed by atoms with Crippen LogP contribution in [-0.2, 0) is 0 Å². The molecule has 0 fully saturated rings. The fourth-order valence-corrected chi connectivity index (χ4v) is 13.3.